The van der Waals surface area contributed by atoms with Crippen LogP contribution >= 0.6 is 11.6 Å². The summed E-state index contributed by atoms with van der Waals surface area (Å²) in [6.07, 6.45) is 0. The molecular formula is C11H17ClN4O. The highest BCUT2D eigenvalue weighted by molar-refractivity contribution is 6.29. The van der Waals surface area contributed by atoms with Crippen molar-refractivity contribution in [3.63, 3.8) is 0 Å². The minimum absolute atomic E-state index is 0.0765. The van der Waals surface area contributed by atoms with Gasteiger partial charge in [0.2, 0.25) is 5.91 Å². The van der Waals surface area contributed by atoms with E-state index in [9.17, 15) is 4.79 Å². The van der Waals surface area contributed by atoms with Gasteiger partial charge >= 0.3 is 0 Å². The molecule has 1 amide bonds. The second-order valence-corrected chi connectivity index (χ2v) is 4.49. The number of hydrogen-bond acceptors (Lipinski definition) is 4. The summed E-state index contributed by atoms with van der Waals surface area (Å²) in [4.78, 5) is 19.8. The average molecular weight is 257 g/mol. The smallest absolute Gasteiger partial charge is 0.242 e. The van der Waals surface area contributed by atoms with Crippen LogP contribution in [0.15, 0.2) is 6.07 Å². The molecule has 1 rings (SSSR count). The Balaban J connectivity index is 2.89. The zero-order valence-electron chi connectivity index (χ0n) is 10.4. The normalized spacial score (nSPS) is 12.4. The average Bonchev–Trinajstić information content (AvgIpc) is 2.23. The first kappa shape index (κ1) is 13.7. The van der Waals surface area contributed by atoms with Crippen LogP contribution in [0.4, 0.5) is 5.82 Å². The van der Waals surface area contributed by atoms with Crippen molar-refractivity contribution in [1.82, 2.24) is 15.3 Å². The first-order valence-corrected chi connectivity index (χ1v) is 5.81. The predicted molar refractivity (Wildman–Crippen MR) is 68.1 cm³/mol. The van der Waals surface area contributed by atoms with Gasteiger partial charge in [-0.05, 0) is 12.8 Å². The van der Waals surface area contributed by atoms with E-state index >= 15 is 0 Å². The Hall–Kier alpha value is -1.36. The minimum atomic E-state index is -0.342. The molecule has 94 valence electrons. The van der Waals surface area contributed by atoms with E-state index in [4.69, 9.17) is 11.6 Å². The van der Waals surface area contributed by atoms with Crippen molar-refractivity contribution < 1.29 is 4.79 Å². The molecule has 0 aliphatic carbocycles. The predicted octanol–water partition coefficient (Wildman–Crippen LogP) is 1.62. The second kappa shape index (κ2) is 5.82. The summed E-state index contributed by atoms with van der Waals surface area (Å²) in [5.41, 5.74) is 0. The van der Waals surface area contributed by atoms with Crippen molar-refractivity contribution in [2.24, 2.45) is 5.92 Å². The number of aryl methyl sites for hydroxylation is 1. The number of likely N-dealkylation sites (N-methyl/N-ethyl adjacent to an activating group) is 1. The van der Waals surface area contributed by atoms with Crippen molar-refractivity contribution in [1.29, 1.82) is 0 Å². The van der Waals surface area contributed by atoms with Gasteiger partial charge < -0.3 is 10.6 Å². The number of hydrogen-bond donors (Lipinski definition) is 2. The molecule has 0 spiro atoms. The zero-order valence-corrected chi connectivity index (χ0v) is 11.2. The molecule has 0 aliphatic heterocycles. The van der Waals surface area contributed by atoms with Gasteiger partial charge in [0, 0.05) is 13.1 Å². The Labute approximate surface area is 106 Å². The van der Waals surface area contributed by atoms with Crippen LogP contribution in [0, 0.1) is 12.8 Å². The van der Waals surface area contributed by atoms with Crippen LogP contribution in [0.1, 0.15) is 19.7 Å². The molecule has 0 bridgehead atoms. The maximum absolute atomic E-state index is 11.7. The molecule has 6 heteroatoms. The Morgan fingerprint density at radius 2 is 2.06 bits per heavy atom. The lowest BCUT2D eigenvalue weighted by atomic mass is 10.0. The first-order chi connectivity index (χ1) is 7.93. The lowest BCUT2D eigenvalue weighted by Crippen LogP contribution is -2.41. The third kappa shape index (κ3) is 3.85. The molecule has 0 saturated heterocycles. The van der Waals surface area contributed by atoms with Gasteiger partial charge in [-0.3, -0.25) is 4.79 Å². The third-order valence-electron chi connectivity index (χ3n) is 2.31. The Morgan fingerprint density at radius 1 is 1.41 bits per heavy atom. The van der Waals surface area contributed by atoms with Crippen LogP contribution in [-0.4, -0.2) is 29.0 Å². The van der Waals surface area contributed by atoms with Crippen molar-refractivity contribution in [2.45, 2.75) is 26.8 Å². The number of amides is 1. The first-order valence-electron chi connectivity index (χ1n) is 5.43. The molecule has 1 unspecified atom stereocenters. The Kier molecular flexibility index (Phi) is 4.69. The van der Waals surface area contributed by atoms with E-state index in [1.54, 1.807) is 20.0 Å². The molecule has 0 fully saturated rings. The van der Waals surface area contributed by atoms with Crippen molar-refractivity contribution >= 4 is 23.3 Å². The van der Waals surface area contributed by atoms with Gasteiger partial charge in [0.1, 0.15) is 22.8 Å². The van der Waals surface area contributed by atoms with Crippen molar-refractivity contribution in [3.05, 3.63) is 17.0 Å². The van der Waals surface area contributed by atoms with E-state index in [0.717, 1.165) is 0 Å². The third-order valence-corrected chi connectivity index (χ3v) is 2.50. The van der Waals surface area contributed by atoms with Crippen LogP contribution in [0.2, 0.25) is 5.15 Å². The highest BCUT2D eigenvalue weighted by Gasteiger charge is 2.21. The molecular weight excluding hydrogens is 240 g/mol. The van der Waals surface area contributed by atoms with Crippen LogP contribution in [0.3, 0.4) is 0 Å². The van der Waals surface area contributed by atoms with Gasteiger partial charge in [0.05, 0.1) is 0 Å². The summed E-state index contributed by atoms with van der Waals surface area (Å²) in [7, 11) is 1.61. The van der Waals surface area contributed by atoms with Crippen molar-refractivity contribution in [3.8, 4) is 0 Å². The molecule has 0 aromatic carbocycles. The van der Waals surface area contributed by atoms with E-state index in [2.05, 4.69) is 20.6 Å². The van der Waals surface area contributed by atoms with Gasteiger partial charge in [-0.2, -0.15) is 0 Å². The second-order valence-electron chi connectivity index (χ2n) is 4.10. The molecule has 0 saturated carbocycles. The topological polar surface area (TPSA) is 66.9 Å². The van der Waals surface area contributed by atoms with Gasteiger partial charge in [-0.1, -0.05) is 25.4 Å². The summed E-state index contributed by atoms with van der Waals surface area (Å²) in [5, 5.41) is 6.04. The standard InChI is InChI=1S/C11H17ClN4O/c1-6(2)10(11(17)13-4)16-9-5-8(12)14-7(3)15-9/h5-6,10H,1-4H3,(H,13,17)(H,14,15,16). The molecule has 2 N–H and O–H groups in total. The summed E-state index contributed by atoms with van der Waals surface area (Å²) in [6, 6.07) is 1.26. The maximum Gasteiger partial charge on any atom is 0.242 e. The number of carbonyl (C=O) groups is 1. The molecule has 0 aliphatic rings. The highest BCUT2D eigenvalue weighted by Crippen LogP contribution is 2.14. The van der Waals surface area contributed by atoms with Gasteiger partial charge in [-0.25, -0.2) is 9.97 Å². The fourth-order valence-electron chi connectivity index (χ4n) is 1.45. The van der Waals surface area contributed by atoms with Crippen LogP contribution in [-0.2, 0) is 4.79 Å². The minimum Gasteiger partial charge on any atom is -0.358 e. The number of nitrogens with zero attached hydrogens (tertiary/aromatic N) is 2. The lowest BCUT2D eigenvalue weighted by Gasteiger charge is -2.21. The summed E-state index contributed by atoms with van der Waals surface area (Å²) in [5.74, 6) is 1.19. The van der Waals surface area contributed by atoms with E-state index < -0.39 is 0 Å². The fraction of sp³-hybridized carbons (Fsp3) is 0.545. The number of carbonyl (C=O) groups excluding carboxylic acids is 1. The quantitative estimate of drug-likeness (QED) is 0.804. The monoisotopic (exact) mass is 256 g/mol. The lowest BCUT2D eigenvalue weighted by molar-refractivity contribution is -0.122. The molecule has 17 heavy (non-hydrogen) atoms. The largest absolute Gasteiger partial charge is 0.358 e. The molecule has 1 aromatic heterocycles. The Morgan fingerprint density at radius 3 is 2.53 bits per heavy atom. The molecule has 5 nitrogen and oxygen atoms in total. The molecule has 1 heterocycles. The van der Waals surface area contributed by atoms with E-state index in [1.807, 2.05) is 13.8 Å². The number of nitrogens with one attached hydrogen (secondary N) is 2. The van der Waals surface area contributed by atoms with E-state index in [-0.39, 0.29) is 17.9 Å². The summed E-state index contributed by atoms with van der Waals surface area (Å²) >= 11 is 5.83. The zero-order chi connectivity index (χ0) is 13.0. The fourth-order valence-corrected chi connectivity index (χ4v) is 1.68. The molecule has 0 radical (unpaired) electrons. The van der Waals surface area contributed by atoms with Gasteiger partial charge in [0.15, 0.2) is 0 Å². The van der Waals surface area contributed by atoms with E-state index in [1.165, 1.54) is 0 Å². The van der Waals surface area contributed by atoms with Crippen LogP contribution < -0.4 is 10.6 Å². The van der Waals surface area contributed by atoms with Crippen LogP contribution in [0.5, 0.6) is 0 Å². The van der Waals surface area contributed by atoms with Crippen molar-refractivity contribution in [2.75, 3.05) is 12.4 Å². The number of rotatable bonds is 4. The number of anilines is 1. The van der Waals surface area contributed by atoms with E-state index in [0.29, 0.717) is 16.8 Å². The molecule has 1 atom stereocenters. The maximum atomic E-state index is 11.7. The summed E-state index contributed by atoms with van der Waals surface area (Å²) < 4.78 is 0. The van der Waals surface area contributed by atoms with Gasteiger partial charge in [-0.15, -0.1) is 0 Å². The SMILES string of the molecule is CNC(=O)C(Nc1cc(Cl)nc(C)n1)C(C)C. The Bertz CT molecular complexity index is 388. The highest BCUT2D eigenvalue weighted by atomic mass is 35.5. The van der Waals surface area contributed by atoms with Gasteiger partial charge in [0.25, 0.3) is 0 Å². The summed E-state index contributed by atoms with van der Waals surface area (Å²) in [6.45, 7) is 5.67. The molecule has 1 aromatic rings. The van der Waals surface area contributed by atoms with Crippen LogP contribution in [0.25, 0.3) is 0 Å². The number of halogens is 1. The number of aromatic nitrogens is 2.